The Balaban J connectivity index is 3.83. The smallest absolute Gasteiger partial charge is 0.326 e. The fraction of sp³-hybridized carbons (Fsp3) is 0.800. The molecule has 2 amide bonds. The molecule has 0 aromatic carbocycles. The lowest BCUT2D eigenvalue weighted by molar-refractivity contribution is -0.139. The molecule has 0 bridgehead atoms. The van der Waals surface area contributed by atoms with E-state index >= 15 is 0 Å². The van der Waals surface area contributed by atoms with Gasteiger partial charge in [0.05, 0.1) is 0 Å². The third kappa shape index (κ3) is 8.47. The minimum Gasteiger partial charge on any atom is -0.480 e. The van der Waals surface area contributed by atoms with Crippen molar-refractivity contribution in [2.75, 3.05) is 34.0 Å². The predicted molar refractivity (Wildman–Crippen MR) is 60.9 cm³/mol. The standard InChI is InChI=1S/C10H20N2O5/c1-16-6-3-5-11-10(15)12-8(9(13)14)4-7-17-2/h8H,3-7H2,1-2H3,(H,13,14)(H2,11,12,15). The van der Waals surface area contributed by atoms with E-state index in [-0.39, 0.29) is 13.0 Å². The lowest BCUT2D eigenvalue weighted by atomic mass is 10.2. The zero-order valence-electron chi connectivity index (χ0n) is 10.2. The molecule has 17 heavy (non-hydrogen) atoms. The topological polar surface area (TPSA) is 96.9 Å². The van der Waals surface area contributed by atoms with Crippen molar-refractivity contribution in [3.8, 4) is 0 Å². The molecule has 1 unspecified atom stereocenters. The summed E-state index contributed by atoms with van der Waals surface area (Å²) < 4.78 is 9.58. The first kappa shape index (κ1) is 15.7. The third-order valence-corrected chi connectivity index (χ3v) is 2.02. The first-order chi connectivity index (χ1) is 8.11. The van der Waals surface area contributed by atoms with Gasteiger partial charge in [-0.1, -0.05) is 0 Å². The van der Waals surface area contributed by atoms with Crippen LogP contribution in [0.3, 0.4) is 0 Å². The molecule has 0 radical (unpaired) electrons. The fourth-order valence-electron chi connectivity index (χ4n) is 1.12. The van der Waals surface area contributed by atoms with Crippen molar-refractivity contribution in [1.82, 2.24) is 10.6 Å². The zero-order chi connectivity index (χ0) is 13.1. The Hall–Kier alpha value is -1.34. The number of hydrogen-bond acceptors (Lipinski definition) is 4. The van der Waals surface area contributed by atoms with Gasteiger partial charge in [-0.3, -0.25) is 0 Å². The summed E-state index contributed by atoms with van der Waals surface area (Å²) in [6.07, 6.45) is 0.914. The van der Waals surface area contributed by atoms with Crippen LogP contribution in [0.25, 0.3) is 0 Å². The van der Waals surface area contributed by atoms with Crippen LogP contribution in [-0.4, -0.2) is 57.1 Å². The second kappa shape index (κ2) is 9.86. The number of aliphatic carboxylic acids is 1. The zero-order valence-corrected chi connectivity index (χ0v) is 10.2. The minimum atomic E-state index is -1.07. The molecule has 0 saturated heterocycles. The number of ether oxygens (including phenoxy) is 2. The summed E-state index contributed by atoms with van der Waals surface area (Å²) in [5, 5.41) is 13.7. The van der Waals surface area contributed by atoms with Gasteiger partial charge < -0.3 is 25.2 Å². The molecule has 7 nitrogen and oxygen atoms in total. The summed E-state index contributed by atoms with van der Waals surface area (Å²) >= 11 is 0. The van der Waals surface area contributed by atoms with Gasteiger partial charge in [-0.15, -0.1) is 0 Å². The lowest BCUT2D eigenvalue weighted by Crippen LogP contribution is -2.46. The Kier molecular flexibility index (Phi) is 9.08. The number of hydrogen-bond donors (Lipinski definition) is 3. The molecular weight excluding hydrogens is 228 g/mol. The first-order valence-corrected chi connectivity index (χ1v) is 5.36. The molecule has 3 N–H and O–H groups in total. The summed E-state index contributed by atoms with van der Waals surface area (Å²) in [6, 6.07) is -1.43. The summed E-state index contributed by atoms with van der Waals surface area (Å²) in [5.41, 5.74) is 0. The van der Waals surface area contributed by atoms with Crippen molar-refractivity contribution in [2.45, 2.75) is 18.9 Å². The van der Waals surface area contributed by atoms with Gasteiger partial charge in [0.1, 0.15) is 6.04 Å². The highest BCUT2D eigenvalue weighted by atomic mass is 16.5. The van der Waals surface area contributed by atoms with Crippen molar-refractivity contribution in [2.24, 2.45) is 0 Å². The largest absolute Gasteiger partial charge is 0.480 e. The predicted octanol–water partition coefficient (Wildman–Crippen LogP) is -0.188. The molecular formula is C10H20N2O5. The molecule has 0 aromatic heterocycles. The molecule has 0 fully saturated rings. The van der Waals surface area contributed by atoms with Gasteiger partial charge in [-0.2, -0.15) is 0 Å². The van der Waals surface area contributed by atoms with Crippen molar-refractivity contribution >= 4 is 12.0 Å². The Labute approximate surface area is 100 Å². The van der Waals surface area contributed by atoms with Crippen LogP contribution >= 0.6 is 0 Å². The van der Waals surface area contributed by atoms with Gasteiger partial charge in [0, 0.05) is 40.4 Å². The number of carboxylic acids is 1. The second-order valence-electron chi connectivity index (χ2n) is 3.42. The lowest BCUT2D eigenvalue weighted by Gasteiger charge is -2.14. The van der Waals surface area contributed by atoms with Crippen LogP contribution < -0.4 is 10.6 Å². The molecule has 0 heterocycles. The van der Waals surface area contributed by atoms with E-state index in [2.05, 4.69) is 10.6 Å². The third-order valence-electron chi connectivity index (χ3n) is 2.02. The summed E-state index contributed by atoms with van der Waals surface area (Å²) in [5.74, 6) is -1.07. The maximum atomic E-state index is 11.3. The Morgan fingerprint density at radius 2 is 1.88 bits per heavy atom. The first-order valence-electron chi connectivity index (χ1n) is 5.36. The van der Waals surface area contributed by atoms with Gasteiger partial charge in [-0.05, 0) is 6.42 Å². The highest BCUT2D eigenvalue weighted by Gasteiger charge is 2.18. The van der Waals surface area contributed by atoms with Crippen LogP contribution in [0, 0.1) is 0 Å². The molecule has 100 valence electrons. The van der Waals surface area contributed by atoms with Crippen LogP contribution in [0.5, 0.6) is 0 Å². The van der Waals surface area contributed by atoms with Crippen molar-refractivity contribution < 1.29 is 24.2 Å². The average Bonchev–Trinajstić information content (AvgIpc) is 2.29. The Bertz CT molecular complexity index is 235. The molecule has 0 aliphatic rings. The SMILES string of the molecule is COCCCNC(=O)NC(CCOC)C(=O)O. The highest BCUT2D eigenvalue weighted by molar-refractivity contribution is 5.82. The minimum absolute atomic E-state index is 0.233. The summed E-state index contributed by atoms with van der Waals surface area (Å²) in [4.78, 5) is 22.1. The average molecular weight is 248 g/mol. The molecule has 1 atom stereocenters. The number of urea groups is 1. The van der Waals surface area contributed by atoms with E-state index in [0.717, 1.165) is 0 Å². The van der Waals surface area contributed by atoms with Crippen molar-refractivity contribution in [3.05, 3.63) is 0 Å². The number of nitrogens with one attached hydrogen (secondary N) is 2. The normalized spacial score (nSPS) is 11.9. The molecule has 0 aliphatic heterocycles. The summed E-state index contributed by atoms with van der Waals surface area (Å²) in [7, 11) is 3.05. The van der Waals surface area contributed by atoms with Gasteiger partial charge in [-0.25, -0.2) is 9.59 Å². The number of amides is 2. The number of methoxy groups -OCH3 is 2. The number of carbonyl (C=O) groups is 2. The molecule has 0 spiro atoms. The van der Waals surface area contributed by atoms with E-state index in [1.54, 1.807) is 7.11 Å². The summed E-state index contributed by atoms with van der Waals surface area (Å²) in [6.45, 7) is 1.27. The van der Waals surface area contributed by atoms with E-state index in [1.807, 2.05) is 0 Å². The van der Waals surface area contributed by atoms with E-state index in [4.69, 9.17) is 14.6 Å². The molecule has 0 aromatic rings. The van der Waals surface area contributed by atoms with Gasteiger partial charge in [0.2, 0.25) is 0 Å². The fourth-order valence-corrected chi connectivity index (χ4v) is 1.12. The van der Waals surface area contributed by atoms with Crippen LogP contribution in [0.2, 0.25) is 0 Å². The maximum absolute atomic E-state index is 11.3. The maximum Gasteiger partial charge on any atom is 0.326 e. The molecule has 0 aliphatic carbocycles. The van der Waals surface area contributed by atoms with E-state index in [0.29, 0.717) is 19.6 Å². The van der Waals surface area contributed by atoms with Crippen LogP contribution in [-0.2, 0) is 14.3 Å². The van der Waals surface area contributed by atoms with Gasteiger partial charge >= 0.3 is 12.0 Å². The van der Waals surface area contributed by atoms with E-state index < -0.39 is 18.0 Å². The Morgan fingerprint density at radius 1 is 1.24 bits per heavy atom. The molecule has 0 saturated carbocycles. The highest BCUT2D eigenvalue weighted by Crippen LogP contribution is 1.93. The van der Waals surface area contributed by atoms with Crippen LogP contribution in [0.15, 0.2) is 0 Å². The Morgan fingerprint density at radius 3 is 2.41 bits per heavy atom. The number of carboxylic acid groups (broad SMARTS) is 1. The quantitative estimate of drug-likeness (QED) is 0.491. The van der Waals surface area contributed by atoms with Crippen molar-refractivity contribution in [3.63, 3.8) is 0 Å². The molecule has 0 rings (SSSR count). The van der Waals surface area contributed by atoms with Crippen molar-refractivity contribution in [1.29, 1.82) is 0 Å². The van der Waals surface area contributed by atoms with E-state index in [1.165, 1.54) is 7.11 Å². The number of carbonyl (C=O) groups excluding carboxylic acids is 1. The van der Waals surface area contributed by atoms with E-state index in [9.17, 15) is 9.59 Å². The monoisotopic (exact) mass is 248 g/mol. The second-order valence-corrected chi connectivity index (χ2v) is 3.42. The molecule has 7 heteroatoms. The van der Waals surface area contributed by atoms with Crippen LogP contribution in [0.1, 0.15) is 12.8 Å². The van der Waals surface area contributed by atoms with Gasteiger partial charge in [0.15, 0.2) is 0 Å². The van der Waals surface area contributed by atoms with Gasteiger partial charge in [0.25, 0.3) is 0 Å². The number of rotatable bonds is 9. The van der Waals surface area contributed by atoms with Crippen LogP contribution in [0.4, 0.5) is 4.79 Å².